The van der Waals surface area contributed by atoms with Gasteiger partial charge in [-0.25, -0.2) is 30.7 Å². The summed E-state index contributed by atoms with van der Waals surface area (Å²) in [6.45, 7) is 2.93. The first-order chi connectivity index (χ1) is 15.8. The second kappa shape index (κ2) is 8.40. The van der Waals surface area contributed by atoms with Gasteiger partial charge in [0.15, 0.2) is 0 Å². The predicted molar refractivity (Wildman–Crippen MR) is 123 cm³/mol. The molecule has 4 rings (SSSR count). The Kier molecular flexibility index (Phi) is 5.98. The van der Waals surface area contributed by atoms with Gasteiger partial charge in [0, 0.05) is 5.69 Å². The number of halogens is 1. The van der Waals surface area contributed by atoms with Crippen molar-refractivity contribution in [1.82, 2.24) is 4.72 Å². The molecule has 0 spiro atoms. The largest absolute Gasteiger partial charge is 0.484 e. The van der Waals surface area contributed by atoms with Crippen LogP contribution >= 0.6 is 0 Å². The average molecular weight is 514 g/mol. The van der Waals surface area contributed by atoms with Crippen LogP contribution in [0.5, 0.6) is 5.75 Å². The van der Waals surface area contributed by atoms with Crippen LogP contribution in [0.4, 0.5) is 20.6 Å². The Bertz CT molecular complexity index is 1320. The fraction of sp³-hybridized carbons (Fsp3) is 0.381. The van der Waals surface area contributed by atoms with E-state index in [2.05, 4.69) is 10.0 Å². The summed E-state index contributed by atoms with van der Waals surface area (Å²) in [6.07, 6.45) is -1.14. The van der Waals surface area contributed by atoms with E-state index in [-0.39, 0.29) is 28.6 Å². The van der Waals surface area contributed by atoms with Crippen LogP contribution in [0, 0.1) is 5.82 Å². The maximum Gasteiger partial charge on any atom is 0.409 e. The van der Waals surface area contributed by atoms with Gasteiger partial charge in [-0.1, -0.05) is 0 Å². The monoisotopic (exact) mass is 513 g/mol. The van der Waals surface area contributed by atoms with E-state index in [0.717, 1.165) is 28.6 Å². The van der Waals surface area contributed by atoms with E-state index in [9.17, 15) is 26.0 Å². The number of rotatable bonds is 7. The highest BCUT2D eigenvalue weighted by Crippen LogP contribution is 2.41. The van der Waals surface area contributed by atoms with E-state index < -0.39 is 48.8 Å². The van der Waals surface area contributed by atoms with Crippen LogP contribution in [0.1, 0.15) is 26.7 Å². The first-order valence-electron chi connectivity index (χ1n) is 10.4. The number of benzene rings is 2. The van der Waals surface area contributed by atoms with Crippen molar-refractivity contribution in [3.8, 4) is 5.75 Å². The molecule has 1 saturated carbocycles. The lowest BCUT2D eigenvalue weighted by Gasteiger charge is -2.42. The summed E-state index contributed by atoms with van der Waals surface area (Å²) in [5.41, 5.74) is -1.01. The molecule has 34 heavy (non-hydrogen) atoms. The minimum Gasteiger partial charge on any atom is -0.484 e. The van der Waals surface area contributed by atoms with Gasteiger partial charge in [-0.15, -0.1) is 0 Å². The van der Waals surface area contributed by atoms with Crippen LogP contribution in [-0.2, 0) is 20.0 Å². The number of carboxylic acid groups (broad SMARTS) is 1. The molecule has 1 heterocycles. The topological polar surface area (TPSA) is 142 Å². The lowest BCUT2D eigenvalue weighted by atomic mass is 9.97. The summed E-state index contributed by atoms with van der Waals surface area (Å²) in [5, 5.41) is 10.7. The Hall–Kier alpha value is -2.90. The van der Waals surface area contributed by atoms with Crippen molar-refractivity contribution in [2.75, 3.05) is 16.2 Å². The molecular formula is C21H24FN3O7S2. The standard InChI is InChI=1S/C21H24FN3O7S2/c1-21(2,24-33(28,29)15-8-9-15)19-12-25(34(30,31)16-6-3-13(22)4-7-16)17-11-14(23-20(26)27)5-10-18(17)32-19/h3-7,10-11,15,19,23-24H,8-9,12H2,1-2H3,(H,26,27). The van der Waals surface area contributed by atoms with Gasteiger partial charge in [0.25, 0.3) is 10.0 Å². The molecule has 0 saturated heterocycles. The number of hydrogen-bond donors (Lipinski definition) is 3. The molecule has 1 fully saturated rings. The molecule has 0 bridgehead atoms. The van der Waals surface area contributed by atoms with Crippen molar-refractivity contribution in [3.63, 3.8) is 0 Å². The van der Waals surface area contributed by atoms with E-state index in [1.54, 1.807) is 13.8 Å². The SMILES string of the molecule is CC(C)(NS(=O)(=O)C1CC1)C1CN(S(=O)(=O)c2ccc(F)cc2)c2cc(NC(=O)O)ccc2O1. The minimum absolute atomic E-state index is 0.0627. The van der Waals surface area contributed by atoms with Crippen molar-refractivity contribution in [1.29, 1.82) is 0 Å². The van der Waals surface area contributed by atoms with Crippen LogP contribution in [0.2, 0.25) is 0 Å². The summed E-state index contributed by atoms with van der Waals surface area (Å²) < 4.78 is 75.3. The summed E-state index contributed by atoms with van der Waals surface area (Å²) >= 11 is 0. The molecular weight excluding hydrogens is 489 g/mol. The van der Waals surface area contributed by atoms with Gasteiger partial charge >= 0.3 is 6.09 Å². The van der Waals surface area contributed by atoms with Gasteiger partial charge < -0.3 is 9.84 Å². The van der Waals surface area contributed by atoms with Gasteiger partial charge in [-0.2, -0.15) is 0 Å². The minimum atomic E-state index is -4.24. The molecule has 10 nitrogen and oxygen atoms in total. The molecule has 0 aromatic heterocycles. The van der Waals surface area contributed by atoms with Gasteiger partial charge in [0.2, 0.25) is 10.0 Å². The second-order valence-corrected chi connectivity index (χ2v) is 12.6. The van der Waals surface area contributed by atoms with E-state index in [1.807, 2.05) is 0 Å². The van der Waals surface area contributed by atoms with E-state index in [0.29, 0.717) is 12.8 Å². The first-order valence-corrected chi connectivity index (χ1v) is 13.4. The molecule has 2 aliphatic rings. The molecule has 1 amide bonds. The maximum atomic E-state index is 13.5. The number of anilines is 2. The Morgan fingerprint density at radius 3 is 2.35 bits per heavy atom. The number of sulfonamides is 2. The van der Waals surface area contributed by atoms with Crippen molar-refractivity contribution in [2.45, 2.75) is 48.5 Å². The highest BCUT2D eigenvalue weighted by atomic mass is 32.2. The van der Waals surface area contributed by atoms with Gasteiger partial charge in [-0.05, 0) is 69.2 Å². The Balaban J connectivity index is 1.76. The van der Waals surface area contributed by atoms with Crippen molar-refractivity contribution >= 4 is 37.5 Å². The summed E-state index contributed by atoms with van der Waals surface area (Å²) in [7, 11) is -7.86. The molecule has 0 radical (unpaired) electrons. The van der Waals surface area contributed by atoms with E-state index in [4.69, 9.17) is 9.84 Å². The highest BCUT2D eigenvalue weighted by Gasteiger charge is 2.46. The normalized spacial score (nSPS) is 18.7. The number of ether oxygens (including phenoxy) is 1. The Labute approximate surface area is 196 Å². The molecule has 13 heteroatoms. The first kappa shape index (κ1) is 24.2. The van der Waals surface area contributed by atoms with Crippen LogP contribution in [0.25, 0.3) is 0 Å². The van der Waals surface area contributed by atoms with Gasteiger partial charge in [-0.3, -0.25) is 9.62 Å². The zero-order chi connectivity index (χ0) is 24.9. The lowest BCUT2D eigenvalue weighted by Crippen LogP contribution is -2.60. The number of hydrogen-bond acceptors (Lipinski definition) is 6. The number of nitrogens with one attached hydrogen (secondary N) is 2. The van der Waals surface area contributed by atoms with Crippen LogP contribution in [-0.4, -0.2) is 51.5 Å². The summed E-state index contributed by atoms with van der Waals surface area (Å²) in [6, 6.07) is 8.39. The third-order valence-corrected chi connectivity index (χ3v) is 9.61. The molecule has 184 valence electrons. The number of nitrogens with zero attached hydrogens (tertiary/aromatic N) is 1. The van der Waals surface area contributed by atoms with E-state index in [1.165, 1.54) is 18.2 Å². The molecule has 1 aliphatic carbocycles. The van der Waals surface area contributed by atoms with Crippen molar-refractivity contribution in [2.24, 2.45) is 0 Å². The maximum absolute atomic E-state index is 13.5. The molecule has 2 aromatic rings. The fourth-order valence-electron chi connectivity index (χ4n) is 3.68. The highest BCUT2D eigenvalue weighted by molar-refractivity contribution is 7.92. The van der Waals surface area contributed by atoms with Crippen molar-refractivity contribution in [3.05, 3.63) is 48.3 Å². The zero-order valence-corrected chi connectivity index (χ0v) is 20.0. The Morgan fingerprint density at radius 1 is 1.12 bits per heavy atom. The number of fused-ring (bicyclic) bond motifs is 1. The van der Waals surface area contributed by atoms with E-state index >= 15 is 0 Å². The fourth-order valence-corrected chi connectivity index (χ4v) is 6.94. The van der Waals surface area contributed by atoms with Crippen LogP contribution in [0.3, 0.4) is 0 Å². The molecule has 2 aromatic carbocycles. The quantitative estimate of drug-likeness (QED) is 0.517. The lowest BCUT2D eigenvalue weighted by molar-refractivity contribution is 0.119. The smallest absolute Gasteiger partial charge is 0.409 e. The van der Waals surface area contributed by atoms with Gasteiger partial charge in [0.1, 0.15) is 17.7 Å². The summed E-state index contributed by atoms with van der Waals surface area (Å²) in [4.78, 5) is 10.9. The third-order valence-electron chi connectivity index (χ3n) is 5.65. The molecule has 3 N–H and O–H groups in total. The average Bonchev–Trinajstić information content (AvgIpc) is 3.58. The second-order valence-electron chi connectivity index (χ2n) is 8.78. The third kappa shape index (κ3) is 4.81. The van der Waals surface area contributed by atoms with Crippen molar-refractivity contribution < 1.29 is 35.9 Å². The van der Waals surface area contributed by atoms with Crippen LogP contribution in [0.15, 0.2) is 47.4 Å². The number of carbonyl (C=O) groups is 1. The Morgan fingerprint density at radius 2 is 1.76 bits per heavy atom. The molecule has 1 atom stereocenters. The van der Waals surface area contributed by atoms with Crippen LogP contribution < -0.4 is 19.1 Å². The predicted octanol–water partition coefficient (Wildman–Crippen LogP) is 2.73. The number of amides is 1. The molecule has 1 aliphatic heterocycles. The zero-order valence-electron chi connectivity index (χ0n) is 18.4. The van der Waals surface area contributed by atoms with Gasteiger partial charge in [0.05, 0.1) is 27.9 Å². The molecule has 1 unspecified atom stereocenters. The summed E-state index contributed by atoms with van der Waals surface area (Å²) in [5.74, 6) is -0.487.